The van der Waals surface area contributed by atoms with E-state index in [9.17, 15) is 0 Å². The van der Waals surface area contributed by atoms with E-state index < -0.39 is 0 Å². The maximum Gasteiger partial charge on any atom is 0.0468 e. The van der Waals surface area contributed by atoms with Crippen LogP contribution in [0, 0.1) is 0 Å². The summed E-state index contributed by atoms with van der Waals surface area (Å²) in [5, 5.41) is 9.65. The van der Waals surface area contributed by atoms with Crippen molar-refractivity contribution in [2.24, 2.45) is 0 Å². The summed E-state index contributed by atoms with van der Waals surface area (Å²) in [6, 6.07) is 109. The molecule has 0 aliphatic rings. The second kappa shape index (κ2) is 19.4. The van der Waals surface area contributed by atoms with Gasteiger partial charge >= 0.3 is 0 Å². The minimum absolute atomic E-state index is 1.04. The topological polar surface area (TPSA) is 13.0 Å². The molecule has 4 nitrogen and oxygen atoms in total. The molecule has 0 unspecified atom stereocenters. The van der Waals surface area contributed by atoms with E-state index in [0.717, 1.165) is 68.2 Å². The minimum Gasteiger partial charge on any atom is -0.311 e. The number of para-hydroxylation sites is 2. The summed E-state index contributed by atoms with van der Waals surface area (Å²) in [6.45, 7) is 0. The number of benzene rings is 13. The van der Waals surface area contributed by atoms with Crippen LogP contribution in [0.2, 0.25) is 0 Å². The first-order chi connectivity index (χ1) is 36.7. The molecule has 0 heterocycles. The Morgan fingerprint density at radius 2 is 0.284 bits per heavy atom. The molecule has 13 aromatic rings. The van der Waals surface area contributed by atoms with Crippen LogP contribution in [0.1, 0.15) is 0 Å². The maximum atomic E-state index is 2.37. The van der Waals surface area contributed by atoms with E-state index in [1.807, 2.05) is 0 Å². The van der Waals surface area contributed by atoms with Crippen molar-refractivity contribution >= 4 is 111 Å². The van der Waals surface area contributed by atoms with E-state index in [0.29, 0.717) is 0 Å². The molecule has 13 aromatic carbocycles. The minimum atomic E-state index is 1.04. The standard InChI is InChI=1S/C70H50N4/c1-3-23-59(24-4-1)71(60-25-5-2-6-26-60)61-35-37-62(38-36-61)72(63-39-43-65(44-40-63)73(67-31-27-51-15-7-11-19-55(51)47-67)68-32-28-52-16-8-12-20-56(52)48-68)64-41-45-66(46-42-64)74(69-33-29-53-17-9-13-21-57(53)49-69)70-34-30-54-18-10-14-22-58(54)50-70/h1-50H. The molecule has 0 amide bonds. The van der Waals surface area contributed by atoms with Crippen LogP contribution in [0.3, 0.4) is 0 Å². The smallest absolute Gasteiger partial charge is 0.0468 e. The van der Waals surface area contributed by atoms with E-state index in [-0.39, 0.29) is 0 Å². The highest BCUT2D eigenvalue weighted by Crippen LogP contribution is 2.44. The highest BCUT2D eigenvalue weighted by molar-refractivity contribution is 5.95. The molecular formula is C70H50N4. The molecule has 0 aliphatic heterocycles. The Hall–Kier alpha value is -9.90. The van der Waals surface area contributed by atoms with Crippen LogP contribution >= 0.6 is 0 Å². The van der Waals surface area contributed by atoms with Crippen LogP contribution in [0.25, 0.3) is 43.1 Å². The molecule has 0 saturated carbocycles. The molecule has 0 aliphatic carbocycles. The molecule has 0 spiro atoms. The van der Waals surface area contributed by atoms with Gasteiger partial charge in [0.1, 0.15) is 0 Å². The van der Waals surface area contributed by atoms with Crippen LogP contribution in [-0.4, -0.2) is 0 Å². The summed E-state index contributed by atoms with van der Waals surface area (Å²) in [4.78, 5) is 9.40. The molecule has 350 valence electrons. The number of hydrogen-bond acceptors (Lipinski definition) is 4. The summed E-state index contributed by atoms with van der Waals surface area (Å²) in [5.74, 6) is 0. The van der Waals surface area contributed by atoms with Gasteiger partial charge < -0.3 is 19.6 Å². The molecule has 0 saturated heterocycles. The first-order valence-corrected chi connectivity index (χ1v) is 25.2. The number of rotatable bonds is 12. The Morgan fingerprint density at radius 1 is 0.122 bits per heavy atom. The lowest BCUT2D eigenvalue weighted by Crippen LogP contribution is -2.14. The first-order valence-electron chi connectivity index (χ1n) is 25.2. The van der Waals surface area contributed by atoms with Crippen LogP contribution in [-0.2, 0) is 0 Å². The monoisotopic (exact) mass is 946 g/mol. The maximum absolute atomic E-state index is 2.37. The van der Waals surface area contributed by atoms with Crippen molar-refractivity contribution < 1.29 is 0 Å². The summed E-state index contributed by atoms with van der Waals surface area (Å²) < 4.78 is 0. The van der Waals surface area contributed by atoms with E-state index in [4.69, 9.17) is 0 Å². The van der Waals surface area contributed by atoms with E-state index in [2.05, 4.69) is 323 Å². The Bertz CT molecular complexity index is 3680. The van der Waals surface area contributed by atoms with Crippen LogP contribution in [0.5, 0.6) is 0 Å². The molecule has 74 heavy (non-hydrogen) atoms. The quantitative estimate of drug-likeness (QED) is 0.121. The lowest BCUT2D eigenvalue weighted by Gasteiger charge is -2.30. The number of nitrogens with zero attached hydrogens (tertiary/aromatic N) is 4. The molecule has 13 rings (SSSR count). The van der Waals surface area contributed by atoms with Gasteiger partial charge in [0.2, 0.25) is 0 Å². The fourth-order valence-electron chi connectivity index (χ4n) is 10.5. The second-order valence-electron chi connectivity index (χ2n) is 18.7. The van der Waals surface area contributed by atoms with Crippen LogP contribution < -0.4 is 19.6 Å². The number of hydrogen-bond donors (Lipinski definition) is 0. The zero-order valence-electron chi connectivity index (χ0n) is 40.7. The summed E-state index contributed by atoms with van der Waals surface area (Å²) >= 11 is 0. The summed E-state index contributed by atoms with van der Waals surface area (Å²) in [5.41, 5.74) is 12.9. The molecule has 0 fully saturated rings. The molecular weight excluding hydrogens is 897 g/mol. The Balaban J connectivity index is 0.930. The first kappa shape index (κ1) is 44.1. The van der Waals surface area contributed by atoms with E-state index in [1.165, 1.54) is 43.1 Å². The predicted molar refractivity (Wildman–Crippen MR) is 315 cm³/mol. The summed E-state index contributed by atoms with van der Waals surface area (Å²) in [7, 11) is 0. The predicted octanol–water partition coefficient (Wildman–Crippen LogP) is 20.2. The molecule has 0 N–H and O–H groups in total. The fourth-order valence-corrected chi connectivity index (χ4v) is 10.5. The highest BCUT2D eigenvalue weighted by Gasteiger charge is 2.20. The van der Waals surface area contributed by atoms with Crippen molar-refractivity contribution in [2.75, 3.05) is 19.6 Å². The van der Waals surface area contributed by atoms with Crippen LogP contribution in [0.4, 0.5) is 68.2 Å². The molecule has 0 bridgehead atoms. The zero-order valence-corrected chi connectivity index (χ0v) is 40.7. The number of anilines is 12. The fraction of sp³-hybridized carbons (Fsp3) is 0. The molecule has 4 heteroatoms. The lowest BCUT2D eigenvalue weighted by atomic mass is 10.1. The van der Waals surface area contributed by atoms with Crippen molar-refractivity contribution in [3.05, 3.63) is 303 Å². The third-order valence-corrected chi connectivity index (χ3v) is 14.1. The van der Waals surface area contributed by atoms with Crippen molar-refractivity contribution in [3.63, 3.8) is 0 Å². The van der Waals surface area contributed by atoms with Gasteiger partial charge in [0.05, 0.1) is 0 Å². The van der Waals surface area contributed by atoms with Gasteiger partial charge in [-0.3, -0.25) is 0 Å². The van der Waals surface area contributed by atoms with Gasteiger partial charge in [-0.1, -0.05) is 158 Å². The molecule has 0 aromatic heterocycles. The SMILES string of the molecule is c1ccc(N(c2ccccc2)c2ccc(N(c3ccc(N(c4ccc5ccccc5c4)c4ccc5ccccc5c4)cc3)c3ccc(N(c4ccc5ccccc5c4)c4ccc5ccccc5c4)cc3)cc2)cc1. The van der Waals surface area contributed by atoms with E-state index >= 15 is 0 Å². The normalized spacial score (nSPS) is 11.2. The van der Waals surface area contributed by atoms with Crippen molar-refractivity contribution in [2.45, 2.75) is 0 Å². The number of fused-ring (bicyclic) bond motifs is 4. The second-order valence-corrected chi connectivity index (χ2v) is 18.7. The van der Waals surface area contributed by atoms with Gasteiger partial charge in [-0.25, -0.2) is 0 Å². The summed E-state index contributed by atoms with van der Waals surface area (Å²) in [6.07, 6.45) is 0. The van der Waals surface area contributed by atoms with Gasteiger partial charge in [0.15, 0.2) is 0 Å². The average Bonchev–Trinajstić information content (AvgIpc) is 3.47. The Kier molecular flexibility index (Phi) is 11.5. The van der Waals surface area contributed by atoms with Gasteiger partial charge in [0, 0.05) is 68.2 Å². The van der Waals surface area contributed by atoms with Crippen molar-refractivity contribution in [1.82, 2.24) is 0 Å². The van der Waals surface area contributed by atoms with Gasteiger partial charge in [0.25, 0.3) is 0 Å². The third-order valence-electron chi connectivity index (χ3n) is 14.1. The zero-order chi connectivity index (χ0) is 49.2. The Labute approximate surface area is 432 Å². The molecule has 0 radical (unpaired) electrons. The third kappa shape index (κ3) is 8.61. The highest BCUT2D eigenvalue weighted by atomic mass is 15.2. The largest absolute Gasteiger partial charge is 0.311 e. The van der Waals surface area contributed by atoms with Crippen LogP contribution in [0.15, 0.2) is 303 Å². The van der Waals surface area contributed by atoms with Gasteiger partial charge in [-0.2, -0.15) is 0 Å². The Morgan fingerprint density at radius 3 is 0.514 bits per heavy atom. The lowest BCUT2D eigenvalue weighted by molar-refractivity contribution is 1.24. The van der Waals surface area contributed by atoms with Crippen molar-refractivity contribution in [1.29, 1.82) is 0 Å². The molecule has 0 atom stereocenters. The van der Waals surface area contributed by atoms with Gasteiger partial charge in [-0.05, 0) is 189 Å². The van der Waals surface area contributed by atoms with Gasteiger partial charge in [-0.15, -0.1) is 0 Å². The average molecular weight is 947 g/mol. The van der Waals surface area contributed by atoms with E-state index in [1.54, 1.807) is 0 Å². The van der Waals surface area contributed by atoms with Crippen molar-refractivity contribution in [3.8, 4) is 0 Å².